The Labute approximate surface area is 66.6 Å². The maximum Gasteiger partial charge on any atom is 0.168 e. The molecule has 0 aromatic heterocycles. The topological polar surface area (TPSA) is 51.2 Å². The van der Waals surface area contributed by atoms with Gasteiger partial charge in [0.1, 0.15) is 11.6 Å². The van der Waals surface area contributed by atoms with E-state index >= 15 is 0 Å². The number of Topliss-reactive ketones (excluding diaryl/α,β-unsaturated/α-hetero) is 2. The summed E-state index contributed by atoms with van der Waals surface area (Å²) in [7, 11) is 4.87. The molecule has 1 unspecified atom stereocenters. The average Bonchev–Trinajstić information content (AvgIpc) is 1.81. The lowest BCUT2D eigenvalue weighted by Crippen LogP contribution is -2.24. The molecule has 3 nitrogen and oxygen atoms in total. The first-order valence-electron chi connectivity index (χ1n) is 3.24. The molecule has 0 rings (SSSR count). The van der Waals surface area contributed by atoms with Gasteiger partial charge in [-0.15, -0.1) is 0 Å². The van der Waals surface area contributed by atoms with Crippen molar-refractivity contribution in [1.29, 1.82) is 0 Å². The zero-order valence-corrected chi connectivity index (χ0v) is 6.59. The molecule has 11 heavy (non-hydrogen) atoms. The van der Waals surface area contributed by atoms with Gasteiger partial charge in [-0.1, -0.05) is 0 Å². The van der Waals surface area contributed by atoms with Crippen LogP contribution in [0.2, 0.25) is 0 Å². The van der Waals surface area contributed by atoms with E-state index in [1.165, 1.54) is 13.8 Å². The Morgan fingerprint density at radius 3 is 1.82 bits per heavy atom. The van der Waals surface area contributed by atoms with E-state index in [0.29, 0.717) is 0 Å². The smallest absolute Gasteiger partial charge is 0.168 e. The Morgan fingerprint density at radius 2 is 1.73 bits per heavy atom. The van der Waals surface area contributed by atoms with E-state index in [-0.39, 0.29) is 18.0 Å². The fraction of sp³-hybridized carbons (Fsp3) is 0.571. The third-order valence-electron chi connectivity index (χ3n) is 1.33. The average molecular weight is 152 g/mol. The van der Waals surface area contributed by atoms with Crippen LogP contribution in [-0.2, 0) is 14.4 Å². The van der Waals surface area contributed by atoms with Gasteiger partial charge in [0.25, 0.3) is 0 Å². The Bertz CT molecular complexity index is 184. The number of hydrogen-bond donors (Lipinski definition) is 0. The largest absolute Gasteiger partial charge is 0.312 e. The minimum absolute atomic E-state index is 0.0787. The summed E-state index contributed by atoms with van der Waals surface area (Å²) in [5, 5.41) is 0. The van der Waals surface area contributed by atoms with Gasteiger partial charge in [-0.25, -0.2) is 0 Å². The van der Waals surface area contributed by atoms with Crippen LogP contribution in [0.1, 0.15) is 20.3 Å². The van der Waals surface area contributed by atoms with Gasteiger partial charge in [0, 0.05) is 6.42 Å². The maximum absolute atomic E-state index is 10.7. The van der Waals surface area contributed by atoms with Gasteiger partial charge >= 0.3 is 0 Å². The predicted molar refractivity (Wildman–Crippen MR) is 40.2 cm³/mol. The third-order valence-corrected chi connectivity index (χ3v) is 1.33. The van der Waals surface area contributed by atoms with Crippen LogP contribution in [0.4, 0.5) is 0 Å². The number of ketones is 2. The van der Waals surface area contributed by atoms with Crippen molar-refractivity contribution >= 4 is 25.1 Å². The predicted octanol–water partition coefficient (Wildman–Crippen LogP) is -0.134. The Morgan fingerprint density at radius 1 is 1.27 bits per heavy atom. The molecule has 0 aromatic rings. The SMILES string of the molecule is [B]C(=O)C(CC(C)=O)C(C)=O. The van der Waals surface area contributed by atoms with E-state index < -0.39 is 11.6 Å². The molecule has 4 heteroatoms. The molecular weight excluding hydrogens is 143 g/mol. The molecule has 58 valence electrons. The van der Waals surface area contributed by atoms with Crippen molar-refractivity contribution in [3.8, 4) is 0 Å². The van der Waals surface area contributed by atoms with Gasteiger partial charge < -0.3 is 4.79 Å². The summed E-state index contributed by atoms with van der Waals surface area (Å²) in [6.07, 6.45) is -0.0787. The molecule has 1 atom stereocenters. The third kappa shape index (κ3) is 3.70. The molecule has 0 bridgehead atoms. The van der Waals surface area contributed by atoms with Crippen LogP contribution in [0, 0.1) is 5.92 Å². The van der Waals surface area contributed by atoms with Gasteiger partial charge in [0.05, 0.1) is 11.6 Å². The highest BCUT2D eigenvalue weighted by Gasteiger charge is 2.19. The summed E-state index contributed by atoms with van der Waals surface area (Å²) in [6, 6.07) is 0. The fourth-order valence-corrected chi connectivity index (χ4v) is 0.732. The zero-order chi connectivity index (χ0) is 9.02. The Hall–Kier alpha value is -0.925. The maximum atomic E-state index is 10.7. The number of carbonyl (C=O) groups is 3. The molecule has 0 saturated carbocycles. The molecule has 2 radical (unpaired) electrons. The molecule has 0 aromatic carbocycles. The first kappa shape index (κ1) is 10.1. The van der Waals surface area contributed by atoms with Gasteiger partial charge in [-0.2, -0.15) is 0 Å². The highest BCUT2D eigenvalue weighted by atomic mass is 16.2. The Balaban J connectivity index is 4.23. The van der Waals surface area contributed by atoms with Gasteiger partial charge in [-0.3, -0.25) is 9.59 Å². The van der Waals surface area contributed by atoms with E-state index in [4.69, 9.17) is 7.85 Å². The molecule has 0 fully saturated rings. The van der Waals surface area contributed by atoms with Crippen LogP contribution >= 0.6 is 0 Å². The molecule has 0 aliphatic rings. The highest BCUT2D eigenvalue weighted by molar-refractivity contribution is 6.60. The zero-order valence-electron chi connectivity index (χ0n) is 6.59. The van der Waals surface area contributed by atoms with Crippen molar-refractivity contribution in [3.63, 3.8) is 0 Å². The number of hydrogen-bond acceptors (Lipinski definition) is 3. The van der Waals surface area contributed by atoms with E-state index in [0.717, 1.165) is 0 Å². The molecule has 0 spiro atoms. The summed E-state index contributed by atoms with van der Waals surface area (Å²) in [6.45, 7) is 2.57. The minimum atomic E-state index is -0.938. The molecule has 0 amide bonds. The van der Waals surface area contributed by atoms with Crippen LogP contribution in [0.25, 0.3) is 0 Å². The lowest BCUT2D eigenvalue weighted by Gasteiger charge is -2.06. The number of carbonyl (C=O) groups excluding carboxylic acids is 3. The lowest BCUT2D eigenvalue weighted by molar-refractivity contribution is -0.131. The van der Waals surface area contributed by atoms with Crippen LogP contribution in [-0.4, -0.2) is 25.1 Å². The number of rotatable bonds is 4. The van der Waals surface area contributed by atoms with Gasteiger partial charge in [0.15, 0.2) is 7.85 Å². The van der Waals surface area contributed by atoms with Crippen molar-refractivity contribution in [2.24, 2.45) is 5.92 Å². The van der Waals surface area contributed by atoms with Crippen molar-refractivity contribution in [2.45, 2.75) is 20.3 Å². The second-order valence-electron chi connectivity index (χ2n) is 2.47. The van der Waals surface area contributed by atoms with Crippen molar-refractivity contribution < 1.29 is 14.4 Å². The van der Waals surface area contributed by atoms with Crippen molar-refractivity contribution in [3.05, 3.63) is 0 Å². The van der Waals surface area contributed by atoms with Gasteiger partial charge in [0.2, 0.25) is 0 Å². The second-order valence-corrected chi connectivity index (χ2v) is 2.47. The lowest BCUT2D eigenvalue weighted by atomic mass is 9.83. The Kier molecular flexibility index (Phi) is 3.72. The van der Waals surface area contributed by atoms with E-state index in [2.05, 4.69) is 0 Å². The van der Waals surface area contributed by atoms with E-state index in [1.807, 2.05) is 0 Å². The summed E-state index contributed by atoms with van der Waals surface area (Å²) in [4.78, 5) is 31.7. The minimum Gasteiger partial charge on any atom is -0.312 e. The summed E-state index contributed by atoms with van der Waals surface area (Å²) in [5.74, 6) is -1.50. The molecule has 0 heterocycles. The van der Waals surface area contributed by atoms with E-state index in [1.54, 1.807) is 0 Å². The normalized spacial score (nSPS) is 12.2. The van der Waals surface area contributed by atoms with Crippen LogP contribution in [0.5, 0.6) is 0 Å². The second kappa shape index (κ2) is 4.06. The summed E-state index contributed by atoms with van der Waals surface area (Å²) in [5.41, 5.74) is -0.729. The first-order chi connectivity index (χ1) is 4.95. The van der Waals surface area contributed by atoms with Crippen molar-refractivity contribution in [2.75, 3.05) is 0 Å². The fourth-order valence-electron chi connectivity index (χ4n) is 0.732. The molecule has 0 aliphatic heterocycles. The van der Waals surface area contributed by atoms with Crippen LogP contribution < -0.4 is 0 Å². The molecule has 0 saturated heterocycles. The highest BCUT2D eigenvalue weighted by Crippen LogP contribution is 2.04. The van der Waals surface area contributed by atoms with E-state index in [9.17, 15) is 14.4 Å². The quantitative estimate of drug-likeness (QED) is 0.416. The van der Waals surface area contributed by atoms with Gasteiger partial charge in [-0.05, 0) is 13.8 Å². The summed E-state index contributed by atoms with van der Waals surface area (Å²) < 4.78 is 0. The van der Waals surface area contributed by atoms with Crippen LogP contribution in [0.3, 0.4) is 0 Å². The molecular formula is C7H9BO3. The summed E-state index contributed by atoms with van der Waals surface area (Å²) >= 11 is 0. The standard InChI is InChI=1S/C7H9BO3/c1-4(9)3-6(5(2)10)7(8)11/h6H,3H2,1-2H3. The van der Waals surface area contributed by atoms with Crippen molar-refractivity contribution in [1.82, 2.24) is 0 Å². The molecule has 0 N–H and O–H groups in total. The monoisotopic (exact) mass is 152 g/mol. The molecule has 0 aliphatic carbocycles. The first-order valence-corrected chi connectivity index (χ1v) is 3.24. The van der Waals surface area contributed by atoms with Crippen LogP contribution in [0.15, 0.2) is 0 Å².